The Morgan fingerprint density at radius 2 is 1.81 bits per heavy atom. The van der Waals surface area contributed by atoms with Gasteiger partial charge in [0.2, 0.25) is 5.91 Å². The van der Waals surface area contributed by atoms with E-state index < -0.39 is 28.8 Å². The van der Waals surface area contributed by atoms with E-state index in [1.165, 1.54) is 0 Å². The van der Waals surface area contributed by atoms with Gasteiger partial charge in [-0.05, 0) is 62.9 Å². The fourth-order valence-corrected chi connectivity index (χ4v) is 3.51. The molecule has 0 spiro atoms. The fourth-order valence-electron chi connectivity index (χ4n) is 3.51. The van der Waals surface area contributed by atoms with E-state index in [4.69, 9.17) is 9.15 Å². The number of hydrogen-bond acceptors (Lipinski definition) is 8. The maximum atomic E-state index is 13.0. The molecule has 2 aromatic heterocycles. The van der Waals surface area contributed by atoms with Gasteiger partial charge in [-0.1, -0.05) is 26.8 Å². The summed E-state index contributed by atoms with van der Waals surface area (Å²) in [7, 11) is 0. The first-order valence-electron chi connectivity index (χ1n) is 11.6. The third kappa shape index (κ3) is 6.80. The van der Waals surface area contributed by atoms with Gasteiger partial charge in [-0.3, -0.25) is 15.1 Å². The summed E-state index contributed by atoms with van der Waals surface area (Å²) in [5, 5.41) is 8.72. The Kier molecular flexibility index (Phi) is 7.66. The highest BCUT2D eigenvalue weighted by Crippen LogP contribution is 2.26. The molecule has 0 aliphatic heterocycles. The van der Waals surface area contributed by atoms with Crippen LogP contribution in [0.15, 0.2) is 45.7 Å². The van der Waals surface area contributed by atoms with Crippen molar-refractivity contribution in [1.29, 1.82) is 0 Å². The number of hydrogen-bond donors (Lipinski definition) is 3. The molecule has 0 fully saturated rings. The summed E-state index contributed by atoms with van der Waals surface area (Å²) >= 11 is 0. The molecule has 10 nitrogen and oxygen atoms in total. The van der Waals surface area contributed by atoms with Crippen molar-refractivity contribution < 1.29 is 18.7 Å². The van der Waals surface area contributed by atoms with Gasteiger partial charge in [0.1, 0.15) is 11.6 Å². The van der Waals surface area contributed by atoms with Crippen LogP contribution in [0.3, 0.4) is 0 Å². The highest BCUT2D eigenvalue weighted by atomic mass is 16.6. The van der Waals surface area contributed by atoms with Gasteiger partial charge in [0.15, 0.2) is 0 Å². The van der Waals surface area contributed by atoms with Gasteiger partial charge < -0.3 is 19.8 Å². The standard InChI is InChI=1S/C26H33N5O5/c1-15-17(30-24(34)36-26(5,6)7)11-12-18-19(15)22(33)35-23(29-18)31-20(25(2,3)4)21(32)28-14-16-10-8-9-13-27-16/h8-13,20H,14H2,1-7H3,(H,28,32)(H,29,31)(H,30,34)/t20-/m1/s1. The minimum Gasteiger partial charge on any atom is -0.444 e. The predicted molar refractivity (Wildman–Crippen MR) is 138 cm³/mol. The minimum absolute atomic E-state index is 0.0762. The van der Waals surface area contributed by atoms with Crippen molar-refractivity contribution in [2.45, 2.75) is 66.7 Å². The molecule has 3 rings (SSSR count). The Hall–Kier alpha value is -3.95. The second kappa shape index (κ2) is 10.3. The zero-order valence-corrected chi connectivity index (χ0v) is 21.7. The largest absolute Gasteiger partial charge is 0.444 e. The van der Waals surface area contributed by atoms with Crippen molar-refractivity contribution in [3.8, 4) is 0 Å². The van der Waals surface area contributed by atoms with E-state index in [9.17, 15) is 14.4 Å². The van der Waals surface area contributed by atoms with Crippen LogP contribution < -0.4 is 21.6 Å². The Morgan fingerprint density at radius 3 is 2.42 bits per heavy atom. The third-order valence-electron chi connectivity index (χ3n) is 5.26. The lowest BCUT2D eigenvalue weighted by atomic mass is 9.86. The van der Waals surface area contributed by atoms with Gasteiger partial charge in [0.05, 0.1) is 23.1 Å². The zero-order chi connectivity index (χ0) is 26.7. The van der Waals surface area contributed by atoms with E-state index in [0.717, 1.165) is 5.69 Å². The predicted octanol–water partition coefficient (Wildman–Crippen LogP) is 4.38. The molecule has 3 N–H and O–H groups in total. The third-order valence-corrected chi connectivity index (χ3v) is 5.26. The smallest absolute Gasteiger partial charge is 0.412 e. The summed E-state index contributed by atoms with van der Waals surface area (Å²) in [6.45, 7) is 12.9. The van der Waals surface area contributed by atoms with Gasteiger partial charge >= 0.3 is 11.7 Å². The number of aromatic nitrogens is 2. The number of nitrogens with one attached hydrogen (secondary N) is 3. The van der Waals surface area contributed by atoms with Gasteiger partial charge in [-0.2, -0.15) is 4.98 Å². The van der Waals surface area contributed by atoms with Gasteiger partial charge in [0.25, 0.3) is 6.01 Å². The Bertz CT molecular complexity index is 1310. The molecule has 1 atom stereocenters. The van der Waals surface area contributed by atoms with Crippen molar-refractivity contribution in [1.82, 2.24) is 15.3 Å². The average Bonchev–Trinajstić information content (AvgIpc) is 2.76. The molecule has 0 saturated heterocycles. The quantitative estimate of drug-likeness (QED) is 0.458. The second-order valence-corrected chi connectivity index (χ2v) is 10.5. The lowest BCUT2D eigenvalue weighted by Gasteiger charge is -2.30. The number of carbonyl (C=O) groups is 2. The van der Waals surface area contributed by atoms with E-state index in [2.05, 4.69) is 25.9 Å². The number of nitrogens with zero attached hydrogens (tertiary/aromatic N) is 2. The molecule has 0 radical (unpaired) electrons. The van der Waals surface area contributed by atoms with E-state index >= 15 is 0 Å². The van der Waals surface area contributed by atoms with Crippen molar-refractivity contribution in [3.05, 3.63) is 58.2 Å². The first-order valence-corrected chi connectivity index (χ1v) is 11.6. The molecule has 0 aliphatic rings. The molecule has 192 valence electrons. The molecular formula is C26H33N5O5. The van der Waals surface area contributed by atoms with E-state index in [0.29, 0.717) is 16.8 Å². The number of fused-ring (bicyclic) bond motifs is 1. The molecule has 10 heteroatoms. The zero-order valence-electron chi connectivity index (χ0n) is 21.7. The van der Waals surface area contributed by atoms with Crippen LogP contribution in [0.1, 0.15) is 52.8 Å². The van der Waals surface area contributed by atoms with Crippen LogP contribution in [0.2, 0.25) is 0 Å². The summed E-state index contributed by atoms with van der Waals surface area (Å²) in [5.74, 6) is -0.286. The molecule has 0 unspecified atom stereocenters. The van der Waals surface area contributed by atoms with Crippen LogP contribution in [0, 0.1) is 12.3 Å². The van der Waals surface area contributed by atoms with Gasteiger partial charge in [-0.15, -0.1) is 0 Å². The maximum Gasteiger partial charge on any atom is 0.412 e. The SMILES string of the molecule is Cc1c(NC(=O)OC(C)(C)C)ccc2nc(N[C@H](C(=O)NCc3ccccn3)C(C)(C)C)oc(=O)c12. The number of anilines is 2. The molecule has 0 bridgehead atoms. The molecule has 3 aromatic rings. The van der Waals surface area contributed by atoms with Crippen LogP contribution in [0.25, 0.3) is 10.9 Å². The fraction of sp³-hybridized carbons (Fsp3) is 0.423. The molecule has 36 heavy (non-hydrogen) atoms. The molecule has 0 aliphatic carbocycles. The number of amides is 2. The topological polar surface area (TPSA) is 135 Å². The first-order chi connectivity index (χ1) is 16.7. The van der Waals surface area contributed by atoms with Crippen molar-refractivity contribution in [3.63, 3.8) is 0 Å². The Morgan fingerprint density at radius 1 is 1.08 bits per heavy atom. The monoisotopic (exact) mass is 495 g/mol. The average molecular weight is 496 g/mol. The summed E-state index contributed by atoms with van der Waals surface area (Å²) < 4.78 is 10.7. The van der Waals surface area contributed by atoms with Crippen LogP contribution >= 0.6 is 0 Å². The number of rotatable bonds is 6. The summed E-state index contributed by atoms with van der Waals surface area (Å²) in [5.41, 5.74) is 0.154. The molecule has 0 saturated carbocycles. The first kappa shape index (κ1) is 26.7. The number of carbonyl (C=O) groups excluding carboxylic acids is 2. The highest BCUT2D eigenvalue weighted by molar-refractivity contribution is 5.93. The number of benzene rings is 1. The number of ether oxygens (including phenoxy) is 1. The Labute approximate surface area is 209 Å². The van der Waals surface area contributed by atoms with Crippen LogP contribution in [-0.2, 0) is 16.1 Å². The van der Waals surface area contributed by atoms with E-state index in [1.54, 1.807) is 52.1 Å². The molecular weight excluding hydrogens is 462 g/mol. The lowest BCUT2D eigenvalue weighted by Crippen LogP contribution is -2.47. The summed E-state index contributed by atoms with van der Waals surface area (Å²) in [4.78, 5) is 46.7. The van der Waals surface area contributed by atoms with Gasteiger partial charge in [0, 0.05) is 11.9 Å². The van der Waals surface area contributed by atoms with E-state index in [-0.39, 0.29) is 23.9 Å². The molecule has 1 aromatic carbocycles. The van der Waals surface area contributed by atoms with Crippen LogP contribution in [0.4, 0.5) is 16.5 Å². The lowest BCUT2D eigenvalue weighted by molar-refractivity contribution is -0.124. The van der Waals surface area contributed by atoms with Crippen molar-refractivity contribution in [2.75, 3.05) is 10.6 Å². The molecule has 2 heterocycles. The van der Waals surface area contributed by atoms with Crippen LogP contribution in [0.5, 0.6) is 0 Å². The normalized spacial score (nSPS) is 12.6. The minimum atomic E-state index is -0.747. The number of pyridine rings is 1. The number of aryl methyl sites for hydroxylation is 1. The van der Waals surface area contributed by atoms with E-state index in [1.807, 2.05) is 32.9 Å². The second-order valence-electron chi connectivity index (χ2n) is 10.5. The van der Waals surface area contributed by atoms with Crippen molar-refractivity contribution >= 4 is 34.6 Å². The Balaban J connectivity index is 1.84. The van der Waals surface area contributed by atoms with Crippen molar-refractivity contribution in [2.24, 2.45) is 5.41 Å². The highest BCUT2D eigenvalue weighted by Gasteiger charge is 2.32. The van der Waals surface area contributed by atoms with Gasteiger partial charge in [-0.25, -0.2) is 9.59 Å². The summed E-state index contributed by atoms with van der Waals surface area (Å²) in [6.07, 6.45) is 1.02. The summed E-state index contributed by atoms with van der Waals surface area (Å²) in [6, 6.07) is 7.88. The van der Waals surface area contributed by atoms with Crippen LogP contribution in [-0.4, -0.2) is 33.6 Å². The molecule has 2 amide bonds. The maximum absolute atomic E-state index is 13.0.